The van der Waals surface area contributed by atoms with Crippen LogP contribution in [0.5, 0.6) is 0 Å². The van der Waals surface area contributed by atoms with Gasteiger partial charge in [0.15, 0.2) is 6.10 Å². The summed E-state index contributed by atoms with van der Waals surface area (Å²) in [5, 5.41) is 0. The number of hydrogen-bond acceptors (Lipinski definition) is 6. The Bertz CT molecular complexity index is 1510. The van der Waals surface area contributed by atoms with Gasteiger partial charge in [-0.1, -0.05) is 199 Å². The Kier molecular flexibility index (Phi) is 52.5. The summed E-state index contributed by atoms with van der Waals surface area (Å²) in [4.78, 5) is 38.1. The zero-order valence-corrected chi connectivity index (χ0v) is 44.3. The molecule has 0 radical (unpaired) electrons. The zero-order chi connectivity index (χ0) is 50.0. The topological polar surface area (TPSA) is 78.9 Å². The fraction of sp³-hybridized carbons (Fsp3) is 0.603. The molecule has 6 heteroatoms. The summed E-state index contributed by atoms with van der Waals surface area (Å²) >= 11 is 0. The van der Waals surface area contributed by atoms with Gasteiger partial charge in [0.1, 0.15) is 13.2 Å². The van der Waals surface area contributed by atoms with Gasteiger partial charge in [-0.25, -0.2) is 0 Å². The Labute approximate surface area is 424 Å². The van der Waals surface area contributed by atoms with E-state index in [-0.39, 0.29) is 37.5 Å². The van der Waals surface area contributed by atoms with E-state index in [1.165, 1.54) is 51.4 Å². The number of rotatable bonds is 48. The largest absolute Gasteiger partial charge is 0.462 e. The van der Waals surface area contributed by atoms with Crippen LogP contribution in [-0.2, 0) is 28.6 Å². The number of carbonyl (C=O) groups excluding carboxylic acids is 3. The Morgan fingerprint density at radius 1 is 0.304 bits per heavy atom. The van der Waals surface area contributed by atoms with Crippen molar-refractivity contribution >= 4 is 17.9 Å². The Morgan fingerprint density at radius 2 is 0.565 bits per heavy atom. The van der Waals surface area contributed by atoms with E-state index in [0.29, 0.717) is 25.7 Å². The van der Waals surface area contributed by atoms with Crippen LogP contribution in [0.15, 0.2) is 134 Å². The summed E-state index contributed by atoms with van der Waals surface area (Å²) in [6.07, 6.45) is 78.6. The maximum atomic E-state index is 12.8. The minimum Gasteiger partial charge on any atom is -0.462 e. The van der Waals surface area contributed by atoms with E-state index in [0.717, 1.165) is 122 Å². The smallest absolute Gasteiger partial charge is 0.306 e. The fourth-order valence-corrected chi connectivity index (χ4v) is 6.95. The Balaban J connectivity index is 4.58. The monoisotopic (exact) mass is 953 g/mol. The molecule has 69 heavy (non-hydrogen) atoms. The van der Waals surface area contributed by atoms with Gasteiger partial charge in [0, 0.05) is 19.3 Å². The van der Waals surface area contributed by atoms with Crippen molar-refractivity contribution in [1.82, 2.24) is 0 Å². The first kappa shape index (κ1) is 64.5. The molecular formula is C63H100O6. The van der Waals surface area contributed by atoms with Crippen LogP contribution >= 0.6 is 0 Å². The first-order chi connectivity index (χ1) is 34.0. The van der Waals surface area contributed by atoms with Crippen LogP contribution in [0.2, 0.25) is 0 Å². The highest BCUT2D eigenvalue weighted by atomic mass is 16.6. The van der Waals surface area contributed by atoms with Crippen LogP contribution in [0.25, 0.3) is 0 Å². The van der Waals surface area contributed by atoms with Gasteiger partial charge in [0.05, 0.1) is 0 Å². The predicted octanol–water partition coefficient (Wildman–Crippen LogP) is 18.6. The molecule has 0 aliphatic heterocycles. The minimum absolute atomic E-state index is 0.121. The van der Waals surface area contributed by atoms with Crippen molar-refractivity contribution in [3.63, 3.8) is 0 Å². The SMILES string of the molecule is CC/C=C\C/C=C\C/C=C\C/C=C\CCCCCCC(=O)OC[C@H](COC(=O)CCCC/C=C\C/C=C\C/C=C\CCCCC)OC(=O)CCCCC/C=C\C/C=C\C/C=C\C/C=C\CCCCC. The summed E-state index contributed by atoms with van der Waals surface area (Å²) in [7, 11) is 0. The minimum atomic E-state index is -0.826. The first-order valence-corrected chi connectivity index (χ1v) is 27.7. The van der Waals surface area contributed by atoms with Crippen LogP contribution in [-0.4, -0.2) is 37.2 Å². The van der Waals surface area contributed by atoms with Crippen LogP contribution in [0.3, 0.4) is 0 Å². The second-order valence-corrected chi connectivity index (χ2v) is 17.7. The summed E-state index contributed by atoms with van der Waals surface area (Å²) in [5.74, 6) is -1.02. The van der Waals surface area contributed by atoms with Gasteiger partial charge in [-0.15, -0.1) is 0 Å². The van der Waals surface area contributed by atoms with Crippen LogP contribution in [0, 0.1) is 0 Å². The normalized spacial score (nSPS) is 13.1. The van der Waals surface area contributed by atoms with Crippen LogP contribution < -0.4 is 0 Å². The van der Waals surface area contributed by atoms with Gasteiger partial charge in [0.2, 0.25) is 0 Å². The molecule has 0 saturated heterocycles. The van der Waals surface area contributed by atoms with Gasteiger partial charge < -0.3 is 14.2 Å². The third-order valence-corrected chi connectivity index (χ3v) is 11.1. The van der Waals surface area contributed by atoms with Crippen molar-refractivity contribution in [2.24, 2.45) is 0 Å². The van der Waals surface area contributed by atoms with Gasteiger partial charge in [-0.2, -0.15) is 0 Å². The highest BCUT2D eigenvalue weighted by Crippen LogP contribution is 2.11. The lowest BCUT2D eigenvalue weighted by Gasteiger charge is -2.18. The number of allylic oxidation sites excluding steroid dienone is 22. The van der Waals surface area contributed by atoms with Crippen molar-refractivity contribution in [1.29, 1.82) is 0 Å². The summed E-state index contributed by atoms with van der Waals surface area (Å²) < 4.78 is 16.8. The van der Waals surface area contributed by atoms with E-state index in [1.807, 2.05) is 0 Å². The molecule has 388 valence electrons. The molecule has 0 spiro atoms. The molecule has 0 bridgehead atoms. The van der Waals surface area contributed by atoms with E-state index < -0.39 is 6.10 Å². The van der Waals surface area contributed by atoms with E-state index in [2.05, 4.69) is 154 Å². The molecule has 0 saturated carbocycles. The van der Waals surface area contributed by atoms with Gasteiger partial charge in [-0.3, -0.25) is 14.4 Å². The van der Waals surface area contributed by atoms with E-state index in [9.17, 15) is 14.4 Å². The highest BCUT2D eigenvalue weighted by Gasteiger charge is 2.19. The van der Waals surface area contributed by atoms with E-state index in [1.54, 1.807) is 0 Å². The highest BCUT2D eigenvalue weighted by molar-refractivity contribution is 5.71. The average Bonchev–Trinajstić information content (AvgIpc) is 3.35. The van der Waals surface area contributed by atoms with Gasteiger partial charge in [-0.05, 0) is 141 Å². The van der Waals surface area contributed by atoms with Crippen molar-refractivity contribution in [2.45, 2.75) is 232 Å². The number of carbonyl (C=O) groups is 3. The standard InChI is InChI=1S/C63H100O6/c1-4-7-10-13-16-19-22-25-28-30-31-33-36-39-42-45-48-51-54-57-63(66)69-60(58-67-61(64)55-52-49-46-43-40-37-34-27-24-21-18-15-12-9-6-3)59-68-62(65)56-53-50-47-44-41-38-35-32-29-26-23-20-17-14-11-8-5-2/h8,11,16-21,25-29,31,33-35,38-40,42-43,60H,4-7,9-10,12-15,22-24,30,32,36-37,41,44-59H2,1-3H3/b11-8-,19-16-,20-17-,21-18-,28-25-,29-26-,33-31-,34-27-,38-35-,42-39-,43-40-/t60-/m0/s1. The second-order valence-electron chi connectivity index (χ2n) is 17.7. The Hall–Kier alpha value is -4.45. The Morgan fingerprint density at radius 3 is 0.913 bits per heavy atom. The molecule has 0 fully saturated rings. The van der Waals surface area contributed by atoms with Crippen molar-refractivity contribution in [2.75, 3.05) is 13.2 Å². The lowest BCUT2D eigenvalue weighted by Crippen LogP contribution is -2.30. The quantitative estimate of drug-likeness (QED) is 0.0262. The van der Waals surface area contributed by atoms with Crippen LogP contribution in [0.1, 0.15) is 226 Å². The number of hydrogen-bond donors (Lipinski definition) is 0. The molecule has 0 aromatic carbocycles. The van der Waals surface area contributed by atoms with Crippen molar-refractivity contribution < 1.29 is 28.6 Å². The maximum Gasteiger partial charge on any atom is 0.306 e. The van der Waals surface area contributed by atoms with E-state index in [4.69, 9.17) is 14.2 Å². The maximum absolute atomic E-state index is 12.8. The molecular weight excluding hydrogens is 853 g/mol. The fourth-order valence-electron chi connectivity index (χ4n) is 6.95. The predicted molar refractivity (Wildman–Crippen MR) is 297 cm³/mol. The summed E-state index contributed by atoms with van der Waals surface area (Å²) in [6.45, 7) is 6.37. The molecule has 0 aliphatic rings. The van der Waals surface area contributed by atoms with Gasteiger partial charge >= 0.3 is 17.9 Å². The molecule has 0 aromatic heterocycles. The third-order valence-electron chi connectivity index (χ3n) is 11.1. The summed E-state index contributed by atoms with van der Waals surface area (Å²) in [6, 6.07) is 0. The molecule has 6 nitrogen and oxygen atoms in total. The zero-order valence-electron chi connectivity index (χ0n) is 44.3. The molecule has 0 aromatic rings. The van der Waals surface area contributed by atoms with E-state index >= 15 is 0 Å². The third kappa shape index (κ3) is 54.4. The molecule has 0 N–H and O–H groups in total. The lowest BCUT2D eigenvalue weighted by molar-refractivity contribution is -0.167. The molecule has 0 unspecified atom stereocenters. The molecule has 0 heterocycles. The lowest BCUT2D eigenvalue weighted by atomic mass is 10.1. The van der Waals surface area contributed by atoms with Gasteiger partial charge in [0.25, 0.3) is 0 Å². The second kappa shape index (κ2) is 56.1. The number of esters is 3. The molecule has 0 rings (SSSR count). The van der Waals surface area contributed by atoms with Crippen molar-refractivity contribution in [3.8, 4) is 0 Å². The number of unbranched alkanes of at least 4 members (excludes halogenated alkanes) is 15. The summed E-state index contributed by atoms with van der Waals surface area (Å²) in [5.41, 5.74) is 0. The van der Waals surface area contributed by atoms with Crippen LogP contribution in [0.4, 0.5) is 0 Å². The number of ether oxygens (including phenoxy) is 3. The first-order valence-electron chi connectivity index (χ1n) is 27.7. The average molecular weight is 953 g/mol. The molecule has 1 atom stereocenters. The molecule has 0 aliphatic carbocycles. The molecule has 0 amide bonds. The van der Waals surface area contributed by atoms with Crippen molar-refractivity contribution in [3.05, 3.63) is 134 Å².